The highest BCUT2D eigenvalue weighted by atomic mass is 35.5. The summed E-state index contributed by atoms with van der Waals surface area (Å²) in [4.78, 5) is 21.7. The van der Waals surface area contributed by atoms with E-state index in [0.717, 1.165) is 31.7 Å². The number of ether oxygens (including phenoxy) is 2. The van der Waals surface area contributed by atoms with Gasteiger partial charge in [-0.25, -0.2) is 4.98 Å². The van der Waals surface area contributed by atoms with Crippen LogP contribution >= 0.6 is 11.6 Å². The summed E-state index contributed by atoms with van der Waals surface area (Å²) in [5.41, 5.74) is 0.822. The van der Waals surface area contributed by atoms with Crippen LogP contribution in [-0.2, 0) is 20.8 Å². The molecule has 21 heavy (non-hydrogen) atoms. The number of nitrogens with zero attached hydrogens (tertiary/aromatic N) is 3. The van der Waals surface area contributed by atoms with Crippen molar-refractivity contribution in [3.63, 3.8) is 0 Å². The van der Waals surface area contributed by atoms with Crippen molar-refractivity contribution < 1.29 is 14.3 Å². The third-order valence-electron chi connectivity index (χ3n) is 3.41. The molecule has 1 unspecified atom stereocenters. The second-order valence-corrected chi connectivity index (χ2v) is 5.41. The highest BCUT2D eigenvalue weighted by Gasteiger charge is 2.20. The van der Waals surface area contributed by atoms with Gasteiger partial charge in [0.25, 0.3) is 0 Å². The van der Waals surface area contributed by atoms with E-state index in [1.807, 2.05) is 0 Å². The number of hydrogen-bond acceptors (Lipinski definition) is 6. The van der Waals surface area contributed by atoms with Gasteiger partial charge in [-0.15, -0.1) is 0 Å². The average molecular weight is 314 g/mol. The molecule has 1 aliphatic heterocycles. The predicted molar refractivity (Wildman–Crippen MR) is 77.9 cm³/mol. The van der Waals surface area contributed by atoms with E-state index in [0.29, 0.717) is 24.7 Å². The maximum Gasteiger partial charge on any atom is 0.306 e. The molecule has 0 bridgehead atoms. The lowest BCUT2D eigenvalue weighted by atomic mass is 10.2. The molecule has 0 aliphatic carbocycles. The lowest BCUT2D eigenvalue weighted by Gasteiger charge is -2.24. The third-order valence-corrected chi connectivity index (χ3v) is 3.60. The SMILES string of the molecule is COC(=O)CCN(Cc1cnc(Cl)cn1)CC1CCCO1. The first-order valence-corrected chi connectivity index (χ1v) is 7.42. The van der Waals surface area contributed by atoms with E-state index >= 15 is 0 Å². The quantitative estimate of drug-likeness (QED) is 0.714. The molecule has 1 fully saturated rings. The first-order chi connectivity index (χ1) is 10.2. The molecule has 0 saturated carbocycles. The minimum Gasteiger partial charge on any atom is -0.469 e. The minimum atomic E-state index is -0.213. The number of carbonyl (C=O) groups is 1. The largest absolute Gasteiger partial charge is 0.469 e. The third kappa shape index (κ3) is 5.57. The van der Waals surface area contributed by atoms with Crippen LogP contribution in [0, 0.1) is 0 Å². The molecular weight excluding hydrogens is 294 g/mol. The molecule has 7 heteroatoms. The van der Waals surface area contributed by atoms with Crippen molar-refractivity contribution in [3.8, 4) is 0 Å². The zero-order valence-corrected chi connectivity index (χ0v) is 12.9. The zero-order chi connectivity index (χ0) is 15.1. The molecule has 1 aromatic heterocycles. The molecule has 1 aliphatic rings. The Morgan fingerprint density at radius 3 is 3.00 bits per heavy atom. The summed E-state index contributed by atoms with van der Waals surface area (Å²) in [6.07, 6.45) is 5.91. The molecular formula is C14H20ClN3O3. The molecule has 2 heterocycles. The highest BCUT2D eigenvalue weighted by Crippen LogP contribution is 2.15. The Labute approximate surface area is 129 Å². The summed E-state index contributed by atoms with van der Waals surface area (Å²) in [6.45, 7) is 2.81. The number of halogens is 1. The van der Waals surface area contributed by atoms with Crippen LogP contribution in [0.15, 0.2) is 12.4 Å². The van der Waals surface area contributed by atoms with Gasteiger partial charge >= 0.3 is 5.97 Å². The lowest BCUT2D eigenvalue weighted by molar-refractivity contribution is -0.141. The van der Waals surface area contributed by atoms with Crippen LogP contribution < -0.4 is 0 Å². The fourth-order valence-electron chi connectivity index (χ4n) is 2.31. The first kappa shape index (κ1) is 16.1. The van der Waals surface area contributed by atoms with Crippen LogP contribution in [0.2, 0.25) is 5.15 Å². The molecule has 2 rings (SSSR count). The minimum absolute atomic E-state index is 0.213. The van der Waals surface area contributed by atoms with Gasteiger partial charge in [-0.2, -0.15) is 0 Å². The maximum atomic E-state index is 11.3. The zero-order valence-electron chi connectivity index (χ0n) is 12.1. The summed E-state index contributed by atoms with van der Waals surface area (Å²) in [5, 5.41) is 0.374. The van der Waals surface area contributed by atoms with Gasteiger partial charge in [0.1, 0.15) is 5.15 Å². The van der Waals surface area contributed by atoms with E-state index in [-0.39, 0.29) is 12.1 Å². The average Bonchev–Trinajstić information content (AvgIpc) is 2.99. The van der Waals surface area contributed by atoms with E-state index in [1.165, 1.54) is 13.3 Å². The van der Waals surface area contributed by atoms with Gasteiger partial charge in [0.15, 0.2) is 0 Å². The fourth-order valence-corrected chi connectivity index (χ4v) is 2.41. The smallest absolute Gasteiger partial charge is 0.306 e. The van der Waals surface area contributed by atoms with Crippen molar-refractivity contribution in [1.82, 2.24) is 14.9 Å². The van der Waals surface area contributed by atoms with E-state index in [2.05, 4.69) is 14.9 Å². The van der Waals surface area contributed by atoms with Gasteiger partial charge in [0.2, 0.25) is 0 Å². The molecule has 0 radical (unpaired) electrons. The number of hydrogen-bond donors (Lipinski definition) is 0. The van der Waals surface area contributed by atoms with Crippen molar-refractivity contribution in [2.75, 3.05) is 26.8 Å². The standard InChI is InChI=1S/C14H20ClN3O3/c1-20-14(19)4-5-18(10-12-3-2-6-21-12)9-11-7-17-13(15)8-16-11/h7-8,12H,2-6,9-10H2,1H3. The van der Waals surface area contributed by atoms with Gasteiger partial charge < -0.3 is 9.47 Å². The second-order valence-electron chi connectivity index (χ2n) is 5.03. The van der Waals surface area contributed by atoms with E-state index in [9.17, 15) is 4.79 Å². The van der Waals surface area contributed by atoms with Gasteiger partial charge in [0.05, 0.1) is 37.7 Å². The van der Waals surface area contributed by atoms with Crippen LogP contribution in [-0.4, -0.2) is 53.7 Å². The summed E-state index contributed by atoms with van der Waals surface area (Å²) in [6, 6.07) is 0. The van der Waals surface area contributed by atoms with E-state index in [1.54, 1.807) is 6.20 Å². The van der Waals surface area contributed by atoms with Gasteiger partial charge in [-0.05, 0) is 12.8 Å². The highest BCUT2D eigenvalue weighted by molar-refractivity contribution is 6.29. The van der Waals surface area contributed by atoms with Crippen molar-refractivity contribution >= 4 is 17.6 Å². The summed E-state index contributed by atoms with van der Waals surface area (Å²) < 4.78 is 10.4. The van der Waals surface area contributed by atoms with Crippen LogP contribution in [0.4, 0.5) is 0 Å². The normalized spacial score (nSPS) is 18.1. The molecule has 0 amide bonds. The molecule has 1 atom stereocenters. The number of rotatable bonds is 7. The molecule has 116 valence electrons. The lowest BCUT2D eigenvalue weighted by Crippen LogP contribution is -2.34. The van der Waals surface area contributed by atoms with Gasteiger partial charge in [-0.3, -0.25) is 14.7 Å². The van der Waals surface area contributed by atoms with Crippen molar-refractivity contribution in [3.05, 3.63) is 23.2 Å². The molecule has 1 saturated heterocycles. The van der Waals surface area contributed by atoms with Crippen LogP contribution in [0.5, 0.6) is 0 Å². The Bertz CT molecular complexity index is 449. The molecule has 6 nitrogen and oxygen atoms in total. The molecule has 0 aromatic carbocycles. The van der Waals surface area contributed by atoms with E-state index in [4.69, 9.17) is 21.1 Å². The maximum absolute atomic E-state index is 11.3. The molecule has 0 spiro atoms. The number of esters is 1. The van der Waals surface area contributed by atoms with Crippen LogP contribution in [0.25, 0.3) is 0 Å². The Hall–Kier alpha value is -1.24. The van der Waals surface area contributed by atoms with E-state index < -0.39 is 0 Å². The Balaban J connectivity index is 1.92. The molecule has 0 N–H and O–H groups in total. The molecule has 1 aromatic rings. The van der Waals surface area contributed by atoms with Crippen LogP contribution in [0.1, 0.15) is 25.0 Å². The Kier molecular flexibility index (Phi) is 6.35. The summed E-state index contributed by atoms with van der Waals surface area (Å²) in [5.74, 6) is -0.213. The number of aromatic nitrogens is 2. The fraction of sp³-hybridized carbons (Fsp3) is 0.643. The second kappa shape index (κ2) is 8.26. The Morgan fingerprint density at radius 2 is 2.38 bits per heavy atom. The monoisotopic (exact) mass is 313 g/mol. The summed E-state index contributed by atoms with van der Waals surface area (Å²) >= 11 is 5.74. The van der Waals surface area contributed by atoms with Crippen molar-refractivity contribution in [2.45, 2.75) is 31.9 Å². The van der Waals surface area contributed by atoms with Crippen molar-refractivity contribution in [1.29, 1.82) is 0 Å². The van der Waals surface area contributed by atoms with Crippen LogP contribution in [0.3, 0.4) is 0 Å². The number of methoxy groups -OCH3 is 1. The summed E-state index contributed by atoms with van der Waals surface area (Å²) in [7, 11) is 1.40. The number of carbonyl (C=O) groups excluding carboxylic acids is 1. The predicted octanol–water partition coefficient (Wildman–Crippen LogP) is 1.67. The first-order valence-electron chi connectivity index (χ1n) is 7.04. The van der Waals surface area contributed by atoms with Gasteiger partial charge in [-0.1, -0.05) is 11.6 Å². The van der Waals surface area contributed by atoms with Gasteiger partial charge in [0, 0.05) is 26.2 Å². The topological polar surface area (TPSA) is 64.5 Å². The Morgan fingerprint density at radius 1 is 1.52 bits per heavy atom. The van der Waals surface area contributed by atoms with Crippen molar-refractivity contribution in [2.24, 2.45) is 0 Å².